The molecule has 0 aliphatic rings. The number of ether oxygens (including phenoxy) is 2. The third-order valence-electron chi connectivity index (χ3n) is 3.60. The standard InChI is InChI=1S/C19H24BrN3O2/c1-4-21-19(22-12-14-5-8-16(24-2)9-6-14)23-13-15-7-10-18(25-3)17(20)11-15/h5-11H,4,12-13H2,1-3H3,(H2,21,22,23). The Bertz CT molecular complexity index is 702. The van der Waals surface area contributed by atoms with E-state index in [2.05, 4.69) is 38.5 Å². The van der Waals surface area contributed by atoms with Crippen LogP contribution in [0.5, 0.6) is 11.5 Å². The monoisotopic (exact) mass is 405 g/mol. The van der Waals surface area contributed by atoms with Crippen molar-refractivity contribution in [3.05, 3.63) is 58.1 Å². The fourth-order valence-electron chi connectivity index (χ4n) is 2.25. The molecule has 0 saturated heterocycles. The smallest absolute Gasteiger partial charge is 0.191 e. The van der Waals surface area contributed by atoms with Gasteiger partial charge in [-0.1, -0.05) is 18.2 Å². The maximum absolute atomic E-state index is 5.25. The van der Waals surface area contributed by atoms with Gasteiger partial charge in [-0.2, -0.15) is 0 Å². The molecule has 0 amide bonds. The molecule has 0 bridgehead atoms. The van der Waals surface area contributed by atoms with E-state index in [0.29, 0.717) is 13.1 Å². The molecule has 0 fully saturated rings. The SMILES string of the molecule is CCNC(=NCc1ccc(OC)c(Br)c1)NCc1ccc(OC)cc1. The minimum Gasteiger partial charge on any atom is -0.497 e. The molecule has 0 atom stereocenters. The lowest BCUT2D eigenvalue weighted by Gasteiger charge is -2.12. The van der Waals surface area contributed by atoms with E-state index >= 15 is 0 Å². The number of benzene rings is 2. The summed E-state index contributed by atoms with van der Waals surface area (Å²) >= 11 is 3.50. The number of rotatable bonds is 7. The van der Waals surface area contributed by atoms with Gasteiger partial charge in [0.1, 0.15) is 11.5 Å². The Morgan fingerprint density at radius 1 is 1.00 bits per heavy atom. The molecule has 2 aromatic carbocycles. The van der Waals surface area contributed by atoms with Crippen molar-refractivity contribution in [1.29, 1.82) is 0 Å². The zero-order valence-electron chi connectivity index (χ0n) is 14.8. The number of nitrogens with zero attached hydrogens (tertiary/aromatic N) is 1. The summed E-state index contributed by atoms with van der Waals surface area (Å²) in [5.41, 5.74) is 2.27. The number of nitrogens with one attached hydrogen (secondary N) is 2. The molecular formula is C19H24BrN3O2. The number of hydrogen-bond acceptors (Lipinski definition) is 3. The Labute approximate surface area is 157 Å². The topological polar surface area (TPSA) is 54.9 Å². The van der Waals surface area contributed by atoms with Gasteiger partial charge in [0, 0.05) is 13.1 Å². The first-order valence-electron chi connectivity index (χ1n) is 8.13. The Morgan fingerprint density at radius 2 is 1.72 bits per heavy atom. The van der Waals surface area contributed by atoms with Gasteiger partial charge in [0.05, 0.1) is 25.2 Å². The molecule has 2 N–H and O–H groups in total. The van der Waals surface area contributed by atoms with Gasteiger partial charge in [0.2, 0.25) is 0 Å². The van der Waals surface area contributed by atoms with Crippen LogP contribution in [0.1, 0.15) is 18.1 Å². The van der Waals surface area contributed by atoms with Crippen LogP contribution in [-0.4, -0.2) is 26.7 Å². The van der Waals surface area contributed by atoms with Crippen LogP contribution in [0.4, 0.5) is 0 Å². The number of aliphatic imine (C=N–C) groups is 1. The highest BCUT2D eigenvalue weighted by atomic mass is 79.9. The largest absolute Gasteiger partial charge is 0.497 e. The maximum Gasteiger partial charge on any atom is 0.191 e. The van der Waals surface area contributed by atoms with Crippen molar-refractivity contribution in [3.63, 3.8) is 0 Å². The fourth-order valence-corrected chi connectivity index (χ4v) is 2.84. The second-order valence-electron chi connectivity index (χ2n) is 5.37. The molecule has 0 aliphatic carbocycles. The minimum atomic E-state index is 0.584. The van der Waals surface area contributed by atoms with Crippen molar-refractivity contribution in [3.8, 4) is 11.5 Å². The van der Waals surface area contributed by atoms with E-state index < -0.39 is 0 Å². The van der Waals surface area contributed by atoms with Crippen LogP contribution in [0.2, 0.25) is 0 Å². The van der Waals surface area contributed by atoms with Gasteiger partial charge < -0.3 is 20.1 Å². The highest BCUT2D eigenvalue weighted by Crippen LogP contribution is 2.25. The first-order chi connectivity index (χ1) is 12.2. The van der Waals surface area contributed by atoms with E-state index in [-0.39, 0.29) is 0 Å². The summed E-state index contributed by atoms with van der Waals surface area (Å²) < 4.78 is 11.4. The van der Waals surface area contributed by atoms with E-state index in [1.165, 1.54) is 5.56 Å². The average Bonchev–Trinajstić information content (AvgIpc) is 2.64. The molecule has 0 heterocycles. The van der Waals surface area contributed by atoms with Gasteiger partial charge in [0.15, 0.2) is 5.96 Å². The summed E-state index contributed by atoms with van der Waals surface area (Å²) in [6, 6.07) is 14.0. The van der Waals surface area contributed by atoms with Crippen LogP contribution in [-0.2, 0) is 13.1 Å². The summed E-state index contributed by atoms with van der Waals surface area (Å²) in [5, 5.41) is 6.60. The Hall–Kier alpha value is -2.21. The van der Waals surface area contributed by atoms with Gasteiger partial charge in [-0.3, -0.25) is 0 Å². The zero-order chi connectivity index (χ0) is 18.1. The summed E-state index contributed by atoms with van der Waals surface area (Å²) in [6.07, 6.45) is 0. The van der Waals surface area contributed by atoms with E-state index in [9.17, 15) is 0 Å². The molecule has 6 heteroatoms. The van der Waals surface area contributed by atoms with E-state index in [4.69, 9.17) is 9.47 Å². The zero-order valence-corrected chi connectivity index (χ0v) is 16.4. The molecular weight excluding hydrogens is 382 g/mol. The molecule has 0 spiro atoms. The van der Waals surface area contributed by atoms with Gasteiger partial charge in [-0.05, 0) is 58.2 Å². The van der Waals surface area contributed by atoms with Crippen molar-refractivity contribution < 1.29 is 9.47 Å². The van der Waals surface area contributed by atoms with E-state index in [1.54, 1.807) is 14.2 Å². The molecule has 134 valence electrons. The first-order valence-corrected chi connectivity index (χ1v) is 8.93. The summed E-state index contributed by atoms with van der Waals surface area (Å²) in [5.74, 6) is 2.46. The summed E-state index contributed by atoms with van der Waals surface area (Å²) in [7, 11) is 3.32. The first kappa shape index (κ1) is 19.1. The van der Waals surface area contributed by atoms with Crippen LogP contribution in [0.15, 0.2) is 51.9 Å². The predicted molar refractivity (Wildman–Crippen MR) is 105 cm³/mol. The van der Waals surface area contributed by atoms with Gasteiger partial charge in [0.25, 0.3) is 0 Å². The van der Waals surface area contributed by atoms with Crippen molar-refractivity contribution >= 4 is 21.9 Å². The van der Waals surface area contributed by atoms with Crippen molar-refractivity contribution in [2.75, 3.05) is 20.8 Å². The summed E-state index contributed by atoms with van der Waals surface area (Å²) in [6.45, 7) is 4.14. The molecule has 0 radical (unpaired) electrons. The van der Waals surface area contributed by atoms with E-state index in [1.807, 2.05) is 42.5 Å². The highest BCUT2D eigenvalue weighted by Gasteiger charge is 2.03. The molecule has 0 saturated carbocycles. The minimum absolute atomic E-state index is 0.584. The second-order valence-corrected chi connectivity index (χ2v) is 6.22. The second kappa shape index (κ2) is 9.93. The molecule has 2 rings (SSSR count). The maximum atomic E-state index is 5.25. The Morgan fingerprint density at radius 3 is 2.32 bits per heavy atom. The predicted octanol–water partition coefficient (Wildman–Crippen LogP) is 3.72. The Kier molecular flexibility index (Phi) is 7.60. The van der Waals surface area contributed by atoms with Gasteiger partial charge >= 0.3 is 0 Å². The lowest BCUT2D eigenvalue weighted by atomic mass is 10.2. The molecule has 0 unspecified atom stereocenters. The Balaban J connectivity index is 1.98. The lowest BCUT2D eigenvalue weighted by Crippen LogP contribution is -2.36. The van der Waals surface area contributed by atoms with Gasteiger partial charge in [-0.25, -0.2) is 4.99 Å². The number of halogens is 1. The quantitative estimate of drug-likeness (QED) is 0.544. The highest BCUT2D eigenvalue weighted by molar-refractivity contribution is 9.10. The molecule has 2 aromatic rings. The summed E-state index contributed by atoms with van der Waals surface area (Å²) in [4.78, 5) is 4.64. The molecule has 0 aliphatic heterocycles. The van der Waals surface area contributed by atoms with Crippen molar-refractivity contribution in [2.45, 2.75) is 20.0 Å². The third kappa shape index (κ3) is 5.98. The van der Waals surface area contributed by atoms with Gasteiger partial charge in [-0.15, -0.1) is 0 Å². The van der Waals surface area contributed by atoms with Crippen LogP contribution < -0.4 is 20.1 Å². The average molecular weight is 406 g/mol. The molecule has 0 aromatic heterocycles. The van der Waals surface area contributed by atoms with E-state index in [0.717, 1.165) is 34.0 Å². The number of guanidine groups is 1. The number of hydrogen-bond donors (Lipinski definition) is 2. The fraction of sp³-hybridized carbons (Fsp3) is 0.316. The van der Waals surface area contributed by atoms with Crippen molar-refractivity contribution in [2.24, 2.45) is 4.99 Å². The van der Waals surface area contributed by atoms with Crippen molar-refractivity contribution in [1.82, 2.24) is 10.6 Å². The van der Waals surface area contributed by atoms with Crippen LogP contribution >= 0.6 is 15.9 Å². The lowest BCUT2D eigenvalue weighted by molar-refractivity contribution is 0.412. The van der Waals surface area contributed by atoms with Crippen LogP contribution in [0.25, 0.3) is 0 Å². The van der Waals surface area contributed by atoms with Crippen LogP contribution in [0.3, 0.4) is 0 Å². The third-order valence-corrected chi connectivity index (χ3v) is 4.22. The molecule has 5 nitrogen and oxygen atoms in total. The van der Waals surface area contributed by atoms with Crippen LogP contribution in [0, 0.1) is 0 Å². The number of methoxy groups -OCH3 is 2. The molecule has 25 heavy (non-hydrogen) atoms. The normalized spacial score (nSPS) is 11.1.